The standard InChI is InChI=1S/C17H33NO2/c1-2-3-4-5-6-7-10-14-18(15-13-17(19)20)16-11-8-9-12-16/h16H,2-15H2,1H3,(H,19,20). The van der Waals surface area contributed by atoms with Gasteiger partial charge in [-0.15, -0.1) is 0 Å². The molecule has 0 bridgehead atoms. The molecule has 0 atom stereocenters. The second kappa shape index (κ2) is 11.1. The zero-order valence-electron chi connectivity index (χ0n) is 13.3. The van der Waals surface area contributed by atoms with Crippen molar-refractivity contribution >= 4 is 5.97 Å². The lowest BCUT2D eigenvalue weighted by atomic mass is 10.1. The molecule has 0 saturated heterocycles. The first-order valence-corrected chi connectivity index (χ1v) is 8.70. The highest BCUT2D eigenvalue weighted by molar-refractivity contribution is 5.66. The van der Waals surface area contributed by atoms with Crippen LogP contribution in [-0.4, -0.2) is 35.1 Å². The fraction of sp³-hybridized carbons (Fsp3) is 0.941. The molecule has 1 fully saturated rings. The number of carboxylic acids is 1. The summed E-state index contributed by atoms with van der Waals surface area (Å²) in [6.07, 6.45) is 14.8. The minimum Gasteiger partial charge on any atom is -0.481 e. The van der Waals surface area contributed by atoms with Gasteiger partial charge in [-0.3, -0.25) is 9.69 Å². The maximum atomic E-state index is 10.8. The van der Waals surface area contributed by atoms with Crippen LogP contribution in [0.3, 0.4) is 0 Å². The van der Waals surface area contributed by atoms with E-state index in [2.05, 4.69) is 11.8 Å². The van der Waals surface area contributed by atoms with Crippen molar-refractivity contribution in [3.05, 3.63) is 0 Å². The van der Waals surface area contributed by atoms with E-state index in [4.69, 9.17) is 5.11 Å². The molecular weight excluding hydrogens is 250 g/mol. The van der Waals surface area contributed by atoms with Gasteiger partial charge in [0.25, 0.3) is 0 Å². The number of rotatable bonds is 12. The van der Waals surface area contributed by atoms with Crippen LogP contribution in [0.5, 0.6) is 0 Å². The molecule has 0 spiro atoms. The fourth-order valence-electron chi connectivity index (χ4n) is 3.26. The molecule has 1 aliphatic rings. The molecular formula is C17H33NO2. The van der Waals surface area contributed by atoms with Crippen LogP contribution >= 0.6 is 0 Å². The van der Waals surface area contributed by atoms with E-state index in [0.29, 0.717) is 12.5 Å². The summed E-state index contributed by atoms with van der Waals surface area (Å²) in [5.41, 5.74) is 0. The van der Waals surface area contributed by atoms with Crippen molar-refractivity contribution in [2.75, 3.05) is 13.1 Å². The summed E-state index contributed by atoms with van der Waals surface area (Å²) in [6.45, 7) is 4.10. The Kier molecular flexibility index (Phi) is 9.73. The fourth-order valence-corrected chi connectivity index (χ4v) is 3.26. The van der Waals surface area contributed by atoms with Crippen molar-refractivity contribution in [2.24, 2.45) is 0 Å². The molecule has 1 aliphatic carbocycles. The predicted octanol–water partition coefficient (Wildman–Crippen LogP) is 4.46. The van der Waals surface area contributed by atoms with Crippen LogP contribution in [0.25, 0.3) is 0 Å². The van der Waals surface area contributed by atoms with Gasteiger partial charge in [-0.2, -0.15) is 0 Å². The average Bonchev–Trinajstić information content (AvgIpc) is 2.94. The topological polar surface area (TPSA) is 40.5 Å². The molecule has 3 heteroatoms. The summed E-state index contributed by atoms with van der Waals surface area (Å²) in [7, 11) is 0. The van der Waals surface area contributed by atoms with Gasteiger partial charge in [-0.1, -0.05) is 58.3 Å². The lowest BCUT2D eigenvalue weighted by Crippen LogP contribution is -2.35. The van der Waals surface area contributed by atoms with Crippen molar-refractivity contribution in [3.8, 4) is 0 Å². The number of nitrogens with zero attached hydrogens (tertiary/aromatic N) is 1. The Morgan fingerprint density at radius 2 is 1.60 bits per heavy atom. The molecule has 1 rings (SSSR count). The first kappa shape index (κ1) is 17.5. The Bertz CT molecular complexity index is 249. The Morgan fingerprint density at radius 1 is 1.00 bits per heavy atom. The average molecular weight is 283 g/mol. The molecule has 0 aromatic rings. The minimum atomic E-state index is -0.660. The predicted molar refractivity (Wildman–Crippen MR) is 84.1 cm³/mol. The van der Waals surface area contributed by atoms with Gasteiger partial charge in [-0.25, -0.2) is 0 Å². The molecule has 1 saturated carbocycles. The third kappa shape index (κ3) is 7.88. The van der Waals surface area contributed by atoms with Crippen LogP contribution < -0.4 is 0 Å². The quantitative estimate of drug-likeness (QED) is 0.538. The van der Waals surface area contributed by atoms with E-state index >= 15 is 0 Å². The van der Waals surface area contributed by atoms with Gasteiger partial charge < -0.3 is 5.11 Å². The summed E-state index contributed by atoms with van der Waals surface area (Å²) in [6, 6.07) is 0.662. The van der Waals surface area contributed by atoms with Crippen LogP contribution in [-0.2, 0) is 4.79 Å². The molecule has 0 radical (unpaired) electrons. The summed E-state index contributed by atoms with van der Waals surface area (Å²) in [5, 5.41) is 8.87. The van der Waals surface area contributed by atoms with Gasteiger partial charge in [0.2, 0.25) is 0 Å². The van der Waals surface area contributed by atoms with Crippen molar-refractivity contribution < 1.29 is 9.90 Å². The normalized spacial score (nSPS) is 16.1. The first-order valence-electron chi connectivity index (χ1n) is 8.70. The van der Waals surface area contributed by atoms with E-state index in [0.717, 1.165) is 13.1 Å². The maximum Gasteiger partial charge on any atom is 0.304 e. The summed E-state index contributed by atoms with van der Waals surface area (Å²) >= 11 is 0. The number of carboxylic acid groups (broad SMARTS) is 1. The molecule has 0 amide bonds. The Hall–Kier alpha value is -0.570. The van der Waals surface area contributed by atoms with E-state index in [9.17, 15) is 4.79 Å². The highest BCUT2D eigenvalue weighted by atomic mass is 16.4. The molecule has 0 aromatic heterocycles. The minimum absolute atomic E-state index is 0.299. The van der Waals surface area contributed by atoms with Crippen LogP contribution in [0, 0.1) is 0 Å². The third-order valence-corrected chi connectivity index (χ3v) is 4.50. The van der Waals surface area contributed by atoms with Gasteiger partial charge >= 0.3 is 5.97 Å². The number of carbonyl (C=O) groups is 1. The van der Waals surface area contributed by atoms with Crippen molar-refractivity contribution in [2.45, 2.75) is 90.0 Å². The van der Waals surface area contributed by atoms with Crippen LogP contribution in [0.4, 0.5) is 0 Å². The highest BCUT2D eigenvalue weighted by Crippen LogP contribution is 2.24. The van der Waals surface area contributed by atoms with Gasteiger partial charge in [0, 0.05) is 12.6 Å². The monoisotopic (exact) mass is 283 g/mol. The zero-order chi connectivity index (χ0) is 14.6. The lowest BCUT2D eigenvalue weighted by Gasteiger charge is -2.28. The Balaban J connectivity index is 2.13. The summed E-state index contributed by atoms with van der Waals surface area (Å²) in [5.74, 6) is -0.660. The lowest BCUT2D eigenvalue weighted by molar-refractivity contribution is -0.137. The number of unbranched alkanes of at least 4 members (excludes halogenated alkanes) is 6. The summed E-state index contributed by atoms with van der Waals surface area (Å²) in [4.78, 5) is 13.2. The largest absolute Gasteiger partial charge is 0.481 e. The first-order chi connectivity index (χ1) is 9.74. The second-order valence-electron chi connectivity index (χ2n) is 6.24. The van der Waals surface area contributed by atoms with E-state index in [1.807, 2.05) is 0 Å². The van der Waals surface area contributed by atoms with E-state index in [-0.39, 0.29) is 0 Å². The maximum absolute atomic E-state index is 10.8. The molecule has 3 nitrogen and oxygen atoms in total. The van der Waals surface area contributed by atoms with Gasteiger partial charge in [-0.05, 0) is 25.8 Å². The van der Waals surface area contributed by atoms with Gasteiger partial charge in [0.05, 0.1) is 6.42 Å². The van der Waals surface area contributed by atoms with Crippen molar-refractivity contribution in [1.82, 2.24) is 4.90 Å². The van der Waals surface area contributed by atoms with Crippen LogP contribution in [0.15, 0.2) is 0 Å². The Labute approximate surface area is 124 Å². The molecule has 1 N–H and O–H groups in total. The Morgan fingerprint density at radius 3 is 2.20 bits per heavy atom. The van der Waals surface area contributed by atoms with E-state index in [1.54, 1.807) is 0 Å². The number of hydrogen-bond donors (Lipinski definition) is 1. The number of hydrogen-bond acceptors (Lipinski definition) is 2. The molecule has 118 valence electrons. The van der Waals surface area contributed by atoms with E-state index in [1.165, 1.54) is 70.6 Å². The molecule has 0 aromatic carbocycles. The molecule has 0 heterocycles. The van der Waals surface area contributed by atoms with Crippen molar-refractivity contribution in [3.63, 3.8) is 0 Å². The van der Waals surface area contributed by atoms with Gasteiger partial charge in [0.1, 0.15) is 0 Å². The van der Waals surface area contributed by atoms with Crippen LogP contribution in [0.2, 0.25) is 0 Å². The molecule has 0 aliphatic heterocycles. The number of aliphatic carboxylic acids is 1. The molecule has 0 unspecified atom stereocenters. The smallest absolute Gasteiger partial charge is 0.304 e. The summed E-state index contributed by atoms with van der Waals surface area (Å²) < 4.78 is 0. The van der Waals surface area contributed by atoms with Crippen molar-refractivity contribution in [1.29, 1.82) is 0 Å². The zero-order valence-corrected chi connectivity index (χ0v) is 13.3. The van der Waals surface area contributed by atoms with E-state index < -0.39 is 5.97 Å². The molecule has 20 heavy (non-hydrogen) atoms. The third-order valence-electron chi connectivity index (χ3n) is 4.50. The highest BCUT2D eigenvalue weighted by Gasteiger charge is 2.22. The van der Waals surface area contributed by atoms with Gasteiger partial charge in [0.15, 0.2) is 0 Å². The van der Waals surface area contributed by atoms with Crippen LogP contribution in [0.1, 0.15) is 84.0 Å². The second-order valence-corrected chi connectivity index (χ2v) is 6.24. The SMILES string of the molecule is CCCCCCCCCN(CCC(=O)O)C1CCCC1.